The lowest BCUT2D eigenvalue weighted by atomic mass is 10.0. The van der Waals surface area contributed by atoms with Crippen LogP contribution in [-0.2, 0) is 6.18 Å². The van der Waals surface area contributed by atoms with Crippen LogP contribution in [0, 0.1) is 6.92 Å². The number of rotatable bonds is 2. The summed E-state index contributed by atoms with van der Waals surface area (Å²) in [7, 11) is 0. The molecule has 0 radical (unpaired) electrons. The highest BCUT2D eigenvalue weighted by Gasteiger charge is 2.33. The molecule has 0 saturated heterocycles. The van der Waals surface area contributed by atoms with Crippen LogP contribution in [-0.4, -0.2) is 10.1 Å². The zero-order chi connectivity index (χ0) is 15.8. The zero-order valence-corrected chi connectivity index (χ0v) is 12.3. The van der Waals surface area contributed by atoms with Crippen LogP contribution < -0.4 is 0 Å². The monoisotopic (exact) mass is 335 g/mol. The molecule has 0 spiro atoms. The molecule has 0 saturated carbocycles. The molecule has 0 aliphatic heterocycles. The van der Waals surface area contributed by atoms with E-state index in [0.29, 0.717) is 10.6 Å². The molecule has 2 aromatic rings. The minimum atomic E-state index is -4.58. The molecular weight excluding hydrogens is 326 g/mol. The molecule has 112 valence electrons. The fourth-order valence-electron chi connectivity index (χ4n) is 1.91. The average molecular weight is 336 g/mol. The van der Waals surface area contributed by atoms with Gasteiger partial charge in [-0.25, -0.2) is 4.98 Å². The number of hydrogen-bond donors (Lipinski definition) is 1. The van der Waals surface area contributed by atoms with Gasteiger partial charge in [0.2, 0.25) is 0 Å². The number of aliphatic hydroxyl groups excluding tert-OH is 1. The second-order valence-electron chi connectivity index (χ2n) is 4.54. The average Bonchev–Trinajstić information content (AvgIpc) is 2.35. The van der Waals surface area contributed by atoms with Gasteiger partial charge >= 0.3 is 6.18 Å². The highest BCUT2D eigenvalue weighted by molar-refractivity contribution is 6.31. The van der Waals surface area contributed by atoms with Crippen molar-refractivity contribution in [3.8, 4) is 0 Å². The van der Waals surface area contributed by atoms with E-state index in [1.165, 1.54) is 6.07 Å². The number of hydrogen-bond acceptors (Lipinski definition) is 2. The summed E-state index contributed by atoms with van der Waals surface area (Å²) in [6, 6.07) is 6.78. The van der Waals surface area contributed by atoms with E-state index in [4.69, 9.17) is 23.2 Å². The Morgan fingerprint density at radius 2 is 1.81 bits per heavy atom. The molecule has 2 nitrogen and oxygen atoms in total. The number of alkyl halides is 3. The van der Waals surface area contributed by atoms with Gasteiger partial charge in [-0.05, 0) is 36.2 Å². The van der Waals surface area contributed by atoms with E-state index in [-0.39, 0.29) is 5.56 Å². The van der Waals surface area contributed by atoms with Crippen LogP contribution in [0.1, 0.15) is 28.5 Å². The highest BCUT2D eigenvalue weighted by Crippen LogP contribution is 2.33. The van der Waals surface area contributed by atoms with Crippen LogP contribution in [0.25, 0.3) is 0 Å². The lowest BCUT2D eigenvalue weighted by Crippen LogP contribution is -2.10. The van der Waals surface area contributed by atoms with Gasteiger partial charge in [0, 0.05) is 10.6 Å². The SMILES string of the molecule is Cc1cc(Cl)cc(C(O)c2ccc(C(F)(F)F)nc2Cl)c1. The first-order chi connectivity index (χ1) is 9.68. The van der Waals surface area contributed by atoms with Crippen molar-refractivity contribution in [3.63, 3.8) is 0 Å². The standard InChI is InChI=1S/C14H10Cl2F3NO/c1-7-4-8(6-9(15)5-7)12(21)10-2-3-11(14(17,18)19)20-13(10)16/h2-6,12,21H,1H3. The maximum Gasteiger partial charge on any atom is 0.433 e. The Hall–Kier alpha value is -1.30. The second kappa shape index (κ2) is 5.83. The molecule has 7 heteroatoms. The van der Waals surface area contributed by atoms with Crippen LogP contribution in [0.4, 0.5) is 13.2 Å². The molecule has 0 amide bonds. The number of aryl methyl sites for hydroxylation is 1. The minimum Gasteiger partial charge on any atom is -0.384 e. The molecule has 1 heterocycles. The first-order valence-corrected chi connectivity index (χ1v) is 6.63. The van der Waals surface area contributed by atoms with Crippen molar-refractivity contribution in [2.24, 2.45) is 0 Å². The van der Waals surface area contributed by atoms with Gasteiger partial charge < -0.3 is 5.11 Å². The Bertz CT molecular complexity index is 654. The molecule has 1 N–H and O–H groups in total. The van der Waals surface area contributed by atoms with Crippen LogP contribution in [0.15, 0.2) is 30.3 Å². The van der Waals surface area contributed by atoms with Gasteiger partial charge in [-0.2, -0.15) is 13.2 Å². The van der Waals surface area contributed by atoms with Gasteiger partial charge in [0.15, 0.2) is 0 Å². The molecule has 1 atom stereocenters. The molecule has 1 unspecified atom stereocenters. The molecular formula is C14H10Cl2F3NO. The Morgan fingerprint density at radius 3 is 2.33 bits per heavy atom. The Balaban J connectivity index is 2.42. The number of nitrogens with zero attached hydrogens (tertiary/aromatic N) is 1. The smallest absolute Gasteiger partial charge is 0.384 e. The normalized spacial score (nSPS) is 13.3. The molecule has 21 heavy (non-hydrogen) atoms. The van der Waals surface area contributed by atoms with Crippen molar-refractivity contribution in [2.45, 2.75) is 19.2 Å². The van der Waals surface area contributed by atoms with Gasteiger partial charge in [-0.1, -0.05) is 35.3 Å². The van der Waals surface area contributed by atoms with Gasteiger partial charge in [-0.3, -0.25) is 0 Å². The number of halogens is 5. The maximum atomic E-state index is 12.5. The lowest BCUT2D eigenvalue weighted by molar-refractivity contribution is -0.141. The molecule has 1 aromatic carbocycles. The second-order valence-corrected chi connectivity index (χ2v) is 5.33. The van der Waals surface area contributed by atoms with E-state index in [2.05, 4.69) is 4.98 Å². The largest absolute Gasteiger partial charge is 0.433 e. The summed E-state index contributed by atoms with van der Waals surface area (Å²) < 4.78 is 37.6. The molecule has 2 rings (SSSR count). The van der Waals surface area contributed by atoms with Gasteiger partial charge in [0.1, 0.15) is 17.0 Å². The molecule has 0 fully saturated rings. The van der Waals surface area contributed by atoms with Crippen molar-refractivity contribution >= 4 is 23.2 Å². The highest BCUT2D eigenvalue weighted by atomic mass is 35.5. The van der Waals surface area contributed by atoms with Crippen molar-refractivity contribution in [1.29, 1.82) is 0 Å². The Labute approximate surface area is 129 Å². The van der Waals surface area contributed by atoms with E-state index in [1.54, 1.807) is 19.1 Å². The molecule has 0 bridgehead atoms. The van der Waals surface area contributed by atoms with Crippen molar-refractivity contribution in [2.75, 3.05) is 0 Å². The Kier molecular flexibility index (Phi) is 4.46. The van der Waals surface area contributed by atoms with E-state index in [1.807, 2.05) is 0 Å². The van der Waals surface area contributed by atoms with Gasteiger partial charge in [0.05, 0.1) is 0 Å². The summed E-state index contributed by atoms with van der Waals surface area (Å²) in [5.41, 5.74) is 0.230. The molecule has 0 aliphatic rings. The molecule has 1 aromatic heterocycles. The zero-order valence-electron chi connectivity index (χ0n) is 10.7. The maximum absolute atomic E-state index is 12.5. The topological polar surface area (TPSA) is 33.1 Å². The number of pyridine rings is 1. The summed E-state index contributed by atoms with van der Waals surface area (Å²) >= 11 is 11.7. The van der Waals surface area contributed by atoms with Gasteiger partial charge in [-0.15, -0.1) is 0 Å². The summed E-state index contributed by atoms with van der Waals surface area (Å²) in [6.45, 7) is 1.79. The predicted octanol–water partition coefficient (Wildman–Crippen LogP) is 4.80. The van der Waals surface area contributed by atoms with Crippen LogP contribution in [0.3, 0.4) is 0 Å². The molecule has 0 aliphatic carbocycles. The third-order valence-electron chi connectivity index (χ3n) is 2.84. The summed E-state index contributed by atoms with van der Waals surface area (Å²) in [4.78, 5) is 3.28. The van der Waals surface area contributed by atoms with E-state index < -0.39 is 23.1 Å². The first-order valence-electron chi connectivity index (χ1n) is 5.87. The van der Waals surface area contributed by atoms with E-state index >= 15 is 0 Å². The fraction of sp³-hybridized carbons (Fsp3) is 0.214. The van der Waals surface area contributed by atoms with Crippen molar-refractivity contribution in [1.82, 2.24) is 4.98 Å². The van der Waals surface area contributed by atoms with Crippen LogP contribution in [0.2, 0.25) is 10.2 Å². The van der Waals surface area contributed by atoms with Crippen molar-refractivity contribution < 1.29 is 18.3 Å². The summed E-state index contributed by atoms with van der Waals surface area (Å²) in [6.07, 6.45) is -5.79. The van der Waals surface area contributed by atoms with Crippen LogP contribution >= 0.6 is 23.2 Å². The number of aromatic nitrogens is 1. The summed E-state index contributed by atoms with van der Waals surface area (Å²) in [5, 5.41) is 10.3. The fourth-order valence-corrected chi connectivity index (χ4v) is 2.46. The third-order valence-corrected chi connectivity index (χ3v) is 3.36. The third kappa shape index (κ3) is 3.67. The lowest BCUT2D eigenvalue weighted by Gasteiger charge is -2.15. The van der Waals surface area contributed by atoms with E-state index in [9.17, 15) is 18.3 Å². The summed E-state index contributed by atoms with van der Waals surface area (Å²) in [5.74, 6) is 0. The minimum absolute atomic E-state index is 0.0892. The van der Waals surface area contributed by atoms with Crippen LogP contribution in [0.5, 0.6) is 0 Å². The number of aliphatic hydroxyl groups is 1. The number of benzene rings is 1. The quantitative estimate of drug-likeness (QED) is 0.800. The predicted molar refractivity (Wildman–Crippen MR) is 74.5 cm³/mol. The van der Waals surface area contributed by atoms with Gasteiger partial charge in [0.25, 0.3) is 0 Å². The Morgan fingerprint density at radius 1 is 1.14 bits per heavy atom. The van der Waals surface area contributed by atoms with Crippen molar-refractivity contribution in [3.05, 3.63) is 62.9 Å². The van der Waals surface area contributed by atoms with E-state index in [0.717, 1.165) is 17.7 Å². The first kappa shape index (κ1) is 16.1.